The van der Waals surface area contributed by atoms with E-state index in [1.54, 1.807) is 0 Å². The van der Waals surface area contributed by atoms with Gasteiger partial charge in [-0.2, -0.15) is 10.2 Å². The molecule has 9 heteroatoms. The SMILES string of the molecule is CC(C)[C@@H]1Cn2nc(-c3ccccc3)c(Cl)c2CN1Cl.CC(C)[C@@H]1Cn2nc(-c3ccccc3)cc2CN1Cl. The summed E-state index contributed by atoms with van der Waals surface area (Å²) in [5.41, 5.74) is 6.26. The van der Waals surface area contributed by atoms with Crippen LogP contribution in [0, 0.1) is 11.8 Å². The van der Waals surface area contributed by atoms with Gasteiger partial charge in [0.25, 0.3) is 0 Å². The molecule has 0 fully saturated rings. The van der Waals surface area contributed by atoms with Crippen LogP contribution >= 0.6 is 35.2 Å². The maximum absolute atomic E-state index is 6.50. The lowest BCUT2D eigenvalue weighted by atomic mass is 10.0. The largest absolute Gasteiger partial charge is 0.266 e. The Morgan fingerprint density at radius 1 is 0.718 bits per heavy atom. The fourth-order valence-corrected chi connectivity index (χ4v) is 6.29. The van der Waals surface area contributed by atoms with E-state index in [0.29, 0.717) is 29.4 Å². The average Bonchev–Trinajstić information content (AvgIpc) is 3.49. The van der Waals surface area contributed by atoms with Crippen LogP contribution in [0.25, 0.3) is 22.5 Å². The first kappa shape index (κ1) is 28.2. The van der Waals surface area contributed by atoms with E-state index in [1.165, 1.54) is 5.69 Å². The number of hydrogen-bond acceptors (Lipinski definition) is 4. The standard InChI is InChI=1S/C15H17Cl2N3.C15H18ClN3/c1-10(2)12-9-20-13(8-19(12)17)14(16)15(18-20)11-6-4-3-5-7-11;1-11(2)15-10-19-13(9-18(15)16)8-14(17-19)12-6-4-3-5-7-12/h3-7,10,12H,8-9H2,1-2H3;3-8,11,15H,9-10H2,1-2H3/t12-;15-/m00/s1. The lowest BCUT2D eigenvalue weighted by Gasteiger charge is -2.33. The molecule has 39 heavy (non-hydrogen) atoms. The van der Waals surface area contributed by atoms with Gasteiger partial charge < -0.3 is 0 Å². The van der Waals surface area contributed by atoms with Crippen molar-refractivity contribution in [3.8, 4) is 22.5 Å². The summed E-state index contributed by atoms with van der Waals surface area (Å²) >= 11 is 19.2. The lowest BCUT2D eigenvalue weighted by Crippen LogP contribution is -2.41. The van der Waals surface area contributed by atoms with Crippen molar-refractivity contribution >= 4 is 35.2 Å². The van der Waals surface area contributed by atoms with Gasteiger partial charge in [-0.05, 0) is 41.5 Å². The zero-order chi connectivity index (χ0) is 27.7. The zero-order valence-electron chi connectivity index (χ0n) is 22.8. The van der Waals surface area contributed by atoms with Crippen molar-refractivity contribution in [3.05, 3.63) is 83.1 Å². The summed E-state index contributed by atoms with van der Waals surface area (Å²) in [5.74, 6) is 0.999. The van der Waals surface area contributed by atoms with E-state index in [9.17, 15) is 0 Å². The molecule has 2 aliphatic rings. The van der Waals surface area contributed by atoms with Gasteiger partial charge in [-0.25, -0.2) is 8.84 Å². The highest BCUT2D eigenvalue weighted by Crippen LogP contribution is 2.35. The highest BCUT2D eigenvalue weighted by atomic mass is 35.5. The molecule has 0 saturated heterocycles. The summed E-state index contributed by atoms with van der Waals surface area (Å²) in [7, 11) is 0. The van der Waals surface area contributed by atoms with Crippen molar-refractivity contribution < 1.29 is 0 Å². The molecule has 4 aromatic rings. The van der Waals surface area contributed by atoms with Gasteiger partial charge in [-0.3, -0.25) is 9.36 Å². The monoisotopic (exact) mass is 584 g/mol. The number of rotatable bonds is 4. The summed E-state index contributed by atoms with van der Waals surface area (Å²) < 4.78 is 7.87. The van der Waals surface area contributed by atoms with Crippen LogP contribution in [0.15, 0.2) is 66.7 Å². The second kappa shape index (κ2) is 12.0. The minimum atomic E-state index is 0.281. The topological polar surface area (TPSA) is 42.1 Å². The highest BCUT2D eigenvalue weighted by Gasteiger charge is 2.31. The van der Waals surface area contributed by atoms with Gasteiger partial charge in [0.2, 0.25) is 0 Å². The molecule has 0 spiro atoms. The molecule has 0 N–H and O–H groups in total. The molecule has 6 nitrogen and oxygen atoms in total. The highest BCUT2D eigenvalue weighted by molar-refractivity contribution is 6.33. The van der Waals surface area contributed by atoms with Crippen molar-refractivity contribution in [3.63, 3.8) is 0 Å². The second-order valence-corrected chi connectivity index (χ2v) is 12.2. The van der Waals surface area contributed by atoms with Gasteiger partial charge in [0.05, 0.1) is 48.3 Å². The third kappa shape index (κ3) is 6.06. The van der Waals surface area contributed by atoms with Gasteiger partial charge in [0.1, 0.15) is 5.69 Å². The normalized spacial score (nSPS) is 19.5. The molecule has 6 rings (SSSR count). The zero-order valence-corrected chi connectivity index (χ0v) is 25.1. The molecule has 0 amide bonds. The molecule has 0 radical (unpaired) electrons. The molecule has 2 aliphatic heterocycles. The summed E-state index contributed by atoms with van der Waals surface area (Å²) in [5, 5.41) is 10.1. The molecule has 2 aromatic heterocycles. The number of fused-ring (bicyclic) bond motifs is 2. The van der Waals surface area contributed by atoms with Crippen LogP contribution < -0.4 is 0 Å². The molecule has 206 valence electrons. The Labute approximate surface area is 246 Å². The number of halogens is 3. The number of nitrogens with zero attached hydrogens (tertiary/aromatic N) is 6. The Balaban J connectivity index is 0.000000158. The molecular formula is C30H35Cl3N6. The van der Waals surface area contributed by atoms with E-state index < -0.39 is 0 Å². The number of hydrogen-bond donors (Lipinski definition) is 0. The molecule has 0 unspecified atom stereocenters. The van der Waals surface area contributed by atoms with Gasteiger partial charge in [-0.15, -0.1) is 0 Å². The Bertz CT molecular complexity index is 1380. The van der Waals surface area contributed by atoms with Crippen LogP contribution in [0.1, 0.15) is 39.1 Å². The lowest BCUT2D eigenvalue weighted by molar-refractivity contribution is 0.192. The summed E-state index contributed by atoms with van der Waals surface area (Å²) in [6.45, 7) is 11.8. The first-order valence-corrected chi connectivity index (χ1v) is 14.6. The van der Waals surface area contributed by atoms with Crippen molar-refractivity contribution in [2.24, 2.45) is 11.8 Å². The number of benzene rings is 2. The van der Waals surface area contributed by atoms with E-state index in [2.05, 4.69) is 55.7 Å². The molecule has 4 heterocycles. The van der Waals surface area contributed by atoms with Crippen molar-refractivity contribution in [2.75, 3.05) is 0 Å². The van der Waals surface area contributed by atoms with E-state index >= 15 is 0 Å². The van der Waals surface area contributed by atoms with Gasteiger partial charge in [0.15, 0.2) is 0 Å². The average molecular weight is 586 g/mol. The smallest absolute Gasteiger partial charge is 0.111 e. The maximum Gasteiger partial charge on any atom is 0.111 e. The van der Waals surface area contributed by atoms with E-state index in [-0.39, 0.29) is 6.04 Å². The minimum absolute atomic E-state index is 0.281. The molecular weight excluding hydrogens is 551 g/mol. The van der Waals surface area contributed by atoms with Gasteiger partial charge in [-0.1, -0.05) is 100.0 Å². The van der Waals surface area contributed by atoms with Crippen LogP contribution in [-0.4, -0.2) is 40.5 Å². The Morgan fingerprint density at radius 3 is 1.85 bits per heavy atom. The fourth-order valence-electron chi connectivity index (χ4n) is 5.18. The van der Waals surface area contributed by atoms with Crippen LogP contribution in [-0.2, 0) is 26.2 Å². The minimum Gasteiger partial charge on any atom is -0.266 e. The quantitative estimate of drug-likeness (QED) is 0.230. The van der Waals surface area contributed by atoms with Crippen LogP contribution in [0.3, 0.4) is 0 Å². The van der Waals surface area contributed by atoms with Gasteiger partial charge >= 0.3 is 0 Å². The van der Waals surface area contributed by atoms with E-state index in [1.807, 2.05) is 62.1 Å². The predicted molar refractivity (Wildman–Crippen MR) is 160 cm³/mol. The Kier molecular flexibility index (Phi) is 8.69. The van der Waals surface area contributed by atoms with Crippen molar-refractivity contribution in [2.45, 2.75) is 66.0 Å². The van der Waals surface area contributed by atoms with E-state index in [0.717, 1.165) is 47.8 Å². The van der Waals surface area contributed by atoms with Gasteiger partial charge in [0, 0.05) is 23.2 Å². The third-order valence-electron chi connectivity index (χ3n) is 7.57. The van der Waals surface area contributed by atoms with Crippen LogP contribution in [0.4, 0.5) is 0 Å². The molecule has 0 aliphatic carbocycles. The van der Waals surface area contributed by atoms with Crippen molar-refractivity contribution in [1.82, 2.24) is 28.4 Å². The van der Waals surface area contributed by atoms with Crippen LogP contribution in [0.5, 0.6) is 0 Å². The summed E-state index contributed by atoms with van der Waals surface area (Å²) in [6, 6.07) is 23.1. The molecule has 0 bridgehead atoms. The fraction of sp³-hybridized carbons (Fsp3) is 0.400. The van der Waals surface area contributed by atoms with Crippen molar-refractivity contribution in [1.29, 1.82) is 0 Å². The molecule has 0 saturated carbocycles. The summed E-state index contributed by atoms with van der Waals surface area (Å²) in [6.07, 6.45) is 0. The maximum atomic E-state index is 6.50. The second-order valence-electron chi connectivity index (χ2n) is 11.0. The first-order chi connectivity index (χ1) is 18.7. The van der Waals surface area contributed by atoms with E-state index in [4.69, 9.17) is 40.3 Å². The molecule has 2 atom stereocenters. The number of aromatic nitrogens is 4. The Hall–Kier alpha value is -2.35. The predicted octanol–water partition coefficient (Wildman–Crippen LogP) is 7.74. The first-order valence-electron chi connectivity index (χ1n) is 13.5. The van der Waals surface area contributed by atoms with Crippen LogP contribution in [0.2, 0.25) is 5.02 Å². The molecule has 2 aromatic carbocycles. The third-order valence-corrected chi connectivity index (χ3v) is 8.70. The summed E-state index contributed by atoms with van der Waals surface area (Å²) in [4.78, 5) is 0. The Morgan fingerprint density at radius 2 is 1.26 bits per heavy atom.